The van der Waals surface area contributed by atoms with Gasteiger partial charge in [-0.15, -0.1) is 121 Å². The minimum Gasteiger partial charge on any atom is -0.118 e. The van der Waals surface area contributed by atoms with Gasteiger partial charge in [0.05, 0.1) is 0 Å². The molecule has 0 unspecified atom stereocenters. The van der Waals surface area contributed by atoms with Crippen molar-refractivity contribution in [2.24, 2.45) is 0 Å². The minimum absolute atomic E-state index is 0. The third-order valence-corrected chi connectivity index (χ3v) is 10.7. The summed E-state index contributed by atoms with van der Waals surface area (Å²) in [7, 11) is 0. The quantitative estimate of drug-likeness (QED) is 0.148. The Morgan fingerprint density at radius 1 is 0.236 bits per heavy atom. The molecule has 55 heavy (non-hydrogen) atoms. The molecule has 0 fully saturated rings. The van der Waals surface area contributed by atoms with E-state index < -0.39 is 0 Å². The molecule has 0 spiro atoms. The number of aryl methyl sites for hydroxylation is 12. The molecule has 0 saturated heterocycles. The maximum atomic E-state index is 2.25. The van der Waals surface area contributed by atoms with Crippen molar-refractivity contribution in [2.75, 3.05) is 0 Å². The van der Waals surface area contributed by atoms with Crippen molar-refractivity contribution in [1.29, 1.82) is 0 Å². The first-order valence-corrected chi connectivity index (χ1v) is 19.4. The summed E-state index contributed by atoms with van der Waals surface area (Å²) in [6, 6.07) is 40.1. The summed E-state index contributed by atoms with van der Waals surface area (Å²) in [5.74, 6) is 4.10. The monoisotopic (exact) mass is 763 g/mol. The minimum atomic E-state index is 0. The van der Waals surface area contributed by atoms with Gasteiger partial charge in [0.1, 0.15) is 0 Å². The van der Waals surface area contributed by atoms with Gasteiger partial charge in [-0.2, -0.15) is 0 Å². The molecule has 0 nitrogen and oxygen atoms in total. The van der Waals surface area contributed by atoms with Crippen molar-refractivity contribution in [1.82, 2.24) is 0 Å². The van der Waals surface area contributed by atoms with Crippen molar-refractivity contribution in [3.05, 3.63) is 227 Å². The van der Waals surface area contributed by atoms with E-state index in [0.29, 0.717) is 0 Å². The van der Waals surface area contributed by atoms with Crippen LogP contribution < -0.4 is 0 Å². The summed E-state index contributed by atoms with van der Waals surface area (Å²) in [6.45, 7) is 32.6. The van der Waals surface area contributed by atoms with Gasteiger partial charge in [-0.3, -0.25) is 0 Å². The van der Waals surface area contributed by atoms with Crippen LogP contribution in [0.1, 0.15) is 121 Å². The Hall–Kier alpha value is -4.54. The zero-order valence-corrected chi connectivity index (χ0v) is 37.6. The SMILES string of the molecule is Cc1ccc([C-](C)c2ccc(C)cc2C)c(C)c1.Cc1ccc([C-](C)c2ccc(C)cc2C)c(C)c1.Cc1ccc([C-](C)c2ccc(C)cc2C)c(C)c1.[Cr+3]. The average Bonchev–Trinajstić information content (AvgIpc) is 3.08. The Morgan fingerprint density at radius 3 is 0.473 bits per heavy atom. The molecule has 0 amide bonds. The first-order chi connectivity index (χ1) is 25.5. The summed E-state index contributed by atoms with van der Waals surface area (Å²) in [4.78, 5) is 0. The molecule has 0 aliphatic rings. The second-order valence-electron chi connectivity index (χ2n) is 15.8. The van der Waals surface area contributed by atoms with Crippen molar-refractivity contribution >= 4 is 0 Å². The maximum absolute atomic E-state index is 2.25. The fourth-order valence-corrected chi connectivity index (χ4v) is 7.84. The molecule has 0 aromatic heterocycles. The zero-order chi connectivity index (χ0) is 39.9. The molecule has 0 N–H and O–H groups in total. The molecule has 6 aromatic rings. The van der Waals surface area contributed by atoms with Crippen molar-refractivity contribution < 1.29 is 17.4 Å². The molecule has 0 aliphatic heterocycles. The van der Waals surface area contributed by atoms with Gasteiger partial charge in [0.25, 0.3) is 0 Å². The predicted octanol–water partition coefficient (Wildman–Crippen LogP) is 14.7. The molecule has 0 saturated carbocycles. The molecule has 0 heterocycles. The van der Waals surface area contributed by atoms with Gasteiger partial charge in [0.15, 0.2) is 0 Å². The van der Waals surface area contributed by atoms with Crippen LogP contribution in [0.5, 0.6) is 0 Å². The molecule has 1 radical (unpaired) electrons. The summed E-state index contributed by atoms with van der Waals surface area (Å²) >= 11 is 0. The van der Waals surface area contributed by atoms with Crippen molar-refractivity contribution in [3.8, 4) is 0 Å². The standard InChI is InChI=1S/3C18H21.Cr/c3*1-12-6-8-17(14(3)10-12)16(5)18-9-7-13(2)11-15(18)4;/h3*6-11H,1-5H3;/q3*-1;+3. The van der Waals surface area contributed by atoms with Crippen LogP contribution in [0.15, 0.2) is 109 Å². The predicted molar refractivity (Wildman–Crippen MR) is 237 cm³/mol. The largest absolute Gasteiger partial charge is 3.00 e. The summed E-state index contributed by atoms with van der Waals surface area (Å²) in [6.07, 6.45) is 0. The molecule has 0 aliphatic carbocycles. The van der Waals surface area contributed by atoms with Crippen LogP contribution in [0.2, 0.25) is 0 Å². The maximum Gasteiger partial charge on any atom is 3.00 e. The van der Waals surface area contributed by atoms with E-state index >= 15 is 0 Å². The number of rotatable bonds is 6. The van der Waals surface area contributed by atoms with Gasteiger partial charge in [-0.1, -0.05) is 168 Å². The topological polar surface area (TPSA) is 0 Å². The van der Waals surface area contributed by atoms with Gasteiger partial charge in [-0.05, 0) is 41.5 Å². The number of hydrogen-bond donors (Lipinski definition) is 0. The van der Waals surface area contributed by atoms with E-state index in [2.05, 4.69) is 213 Å². The average molecular weight is 764 g/mol. The molecule has 6 aromatic carbocycles. The fourth-order valence-electron chi connectivity index (χ4n) is 7.84. The van der Waals surface area contributed by atoms with E-state index in [9.17, 15) is 0 Å². The molecule has 0 bridgehead atoms. The Morgan fingerprint density at radius 2 is 0.364 bits per heavy atom. The van der Waals surface area contributed by atoms with Gasteiger partial charge >= 0.3 is 17.4 Å². The van der Waals surface area contributed by atoms with E-state index in [0.717, 1.165) is 0 Å². The normalized spacial score (nSPS) is 10.3. The van der Waals surface area contributed by atoms with Crippen LogP contribution in [0.3, 0.4) is 0 Å². The summed E-state index contributed by atoms with van der Waals surface area (Å²) in [5.41, 5.74) is 24.2. The van der Waals surface area contributed by atoms with E-state index in [-0.39, 0.29) is 17.4 Å². The van der Waals surface area contributed by atoms with Crippen LogP contribution in [0, 0.1) is 101 Å². The van der Waals surface area contributed by atoms with Gasteiger partial charge in [0.2, 0.25) is 0 Å². The summed E-state index contributed by atoms with van der Waals surface area (Å²) in [5, 5.41) is 0. The molecular weight excluding hydrogens is 701 g/mol. The first kappa shape index (κ1) is 44.9. The van der Waals surface area contributed by atoms with Gasteiger partial charge in [-0.25, -0.2) is 0 Å². The second kappa shape index (κ2) is 19.9. The van der Waals surface area contributed by atoms with Crippen molar-refractivity contribution in [2.45, 2.75) is 104 Å². The fraction of sp³-hybridized carbons (Fsp3) is 0.278. The number of benzene rings is 6. The van der Waals surface area contributed by atoms with E-state index in [1.165, 1.54) is 118 Å². The van der Waals surface area contributed by atoms with Gasteiger partial charge in [0, 0.05) is 0 Å². The van der Waals surface area contributed by atoms with Gasteiger partial charge < -0.3 is 0 Å². The molecule has 6 rings (SSSR count). The van der Waals surface area contributed by atoms with Crippen LogP contribution in [0.25, 0.3) is 0 Å². The molecule has 285 valence electrons. The third-order valence-electron chi connectivity index (χ3n) is 10.7. The third kappa shape index (κ3) is 11.7. The van der Waals surface area contributed by atoms with Crippen LogP contribution in [0.4, 0.5) is 0 Å². The molecular formula is C54H63Cr. The summed E-state index contributed by atoms with van der Waals surface area (Å²) < 4.78 is 0. The second-order valence-corrected chi connectivity index (χ2v) is 15.8. The Labute approximate surface area is 346 Å². The van der Waals surface area contributed by atoms with Crippen molar-refractivity contribution in [3.63, 3.8) is 0 Å². The number of hydrogen-bond acceptors (Lipinski definition) is 0. The van der Waals surface area contributed by atoms with Crippen LogP contribution >= 0.6 is 0 Å². The van der Waals surface area contributed by atoms with E-state index in [1.807, 2.05) is 0 Å². The Kier molecular flexibility index (Phi) is 16.2. The molecule has 0 atom stereocenters. The first-order valence-electron chi connectivity index (χ1n) is 19.4. The van der Waals surface area contributed by atoms with Crippen LogP contribution in [-0.4, -0.2) is 0 Å². The van der Waals surface area contributed by atoms with E-state index in [1.54, 1.807) is 0 Å². The zero-order valence-electron chi connectivity index (χ0n) is 36.3. The van der Waals surface area contributed by atoms with Crippen LogP contribution in [-0.2, 0) is 17.4 Å². The Bertz CT molecular complexity index is 1800. The molecule has 1 heteroatoms. The van der Waals surface area contributed by atoms with E-state index in [4.69, 9.17) is 0 Å². The Balaban J connectivity index is 0.000000220. The smallest absolute Gasteiger partial charge is 0.118 e.